The average molecular weight is 272 g/mol. The summed E-state index contributed by atoms with van der Waals surface area (Å²) in [5.74, 6) is 1.63. The standard InChI is InChI=1S/C16H20N2O2/c1-18(11-13-4-6-17-7-5-13)12-14-8-15(19-2)10-16(9-14)20-3/h4-10H,11-12H2,1-3H3. The summed E-state index contributed by atoms with van der Waals surface area (Å²) in [6.07, 6.45) is 3.63. The molecule has 0 aliphatic carbocycles. The van der Waals surface area contributed by atoms with Gasteiger partial charge in [0.15, 0.2) is 0 Å². The van der Waals surface area contributed by atoms with Crippen LogP contribution >= 0.6 is 0 Å². The maximum atomic E-state index is 5.29. The van der Waals surface area contributed by atoms with E-state index in [2.05, 4.69) is 16.9 Å². The molecule has 0 radical (unpaired) electrons. The molecule has 0 fully saturated rings. The van der Waals surface area contributed by atoms with Crippen LogP contribution in [0.15, 0.2) is 42.7 Å². The molecule has 0 bridgehead atoms. The number of rotatable bonds is 6. The van der Waals surface area contributed by atoms with Crippen LogP contribution in [0.1, 0.15) is 11.1 Å². The fourth-order valence-corrected chi connectivity index (χ4v) is 2.13. The number of nitrogens with zero attached hydrogens (tertiary/aromatic N) is 2. The molecule has 2 aromatic rings. The molecule has 0 saturated heterocycles. The lowest BCUT2D eigenvalue weighted by atomic mass is 10.1. The first-order chi connectivity index (χ1) is 9.71. The van der Waals surface area contributed by atoms with Crippen molar-refractivity contribution in [1.29, 1.82) is 0 Å². The van der Waals surface area contributed by atoms with Crippen LogP contribution in [0, 0.1) is 0 Å². The summed E-state index contributed by atoms with van der Waals surface area (Å²) in [6, 6.07) is 10.0. The fraction of sp³-hybridized carbons (Fsp3) is 0.312. The van der Waals surface area contributed by atoms with Crippen molar-refractivity contribution in [3.8, 4) is 11.5 Å². The molecule has 20 heavy (non-hydrogen) atoms. The monoisotopic (exact) mass is 272 g/mol. The first kappa shape index (κ1) is 14.3. The maximum Gasteiger partial charge on any atom is 0.122 e. The summed E-state index contributed by atoms with van der Waals surface area (Å²) in [7, 11) is 5.42. The first-order valence-electron chi connectivity index (χ1n) is 6.50. The van der Waals surface area contributed by atoms with Crippen molar-refractivity contribution in [2.45, 2.75) is 13.1 Å². The second kappa shape index (κ2) is 6.91. The van der Waals surface area contributed by atoms with Gasteiger partial charge in [0, 0.05) is 31.5 Å². The summed E-state index contributed by atoms with van der Waals surface area (Å²) in [5.41, 5.74) is 2.41. The van der Waals surface area contributed by atoms with Gasteiger partial charge in [0.2, 0.25) is 0 Å². The van der Waals surface area contributed by atoms with E-state index in [0.29, 0.717) is 0 Å². The second-order valence-electron chi connectivity index (χ2n) is 4.75. The highest BCUT2D eigenvalue weighted by molar-refractivity contribution is 5.38. The van der Waals surface area contributed by atoms with E-state index >= 15 is 0 Å². The normalized spacial score (nSPS) is 10.6. The Labute approximate surface area is 120 Å². The molecule has 1 heterocycles. The highest BCUT2D eigenvalue weighted by Gasteiger charge is 2.06. The summed E-state index contributed by atoms with van der Waals surface area (Å²) in [4.78, 5) is 6.27. The van der Waals surface area contributed by atoms with Gasteiger partial charge in [-0.25, -0.2) is 0 Å². The summed E-state index contributed by atoms with van der Waals surface area (Å²) >= 11 is 0. The van der Waals surface area contributed by atoms with Gasteiger partial charge in [0.1, 0.15) is 11.5 Å². The SMILES string of the molecule is COc1cc(CN(C)Cc2ccncc2)cc(OC)c1. The zero-order chi connectivity index (χ0) is 14.4. The Balaban J connectivity index is 2.05. The van der Waals surface area contributed by atoms with Gasteiger partial charge in [0.25, 0.3) is 0 Å². The van der Waals surface area contributed by atoms with Crippen molar-refractivity contribution in [1.82, 2.24) is 9.88 Å². The molecule has 0 aliphatic heterocycles. The minimum atomic E-state index is 0.816. The molecule has 0 aliphatic rings. The molecule has 0 saturated carbocycles. The molecule has 0 N–H and O–H groups in total. The van der Waals surface area contributed by atoms with E-state index in [0.717, 1.165) is 30.2 Å². The maximum absolute atomic E-state index is 5.29. The highest BCUT2D eigenvalue weighted by Crippen LogP contribution is 2.23. The number of hydrogen-bond donors (Lipinski definition) is 0. The largest absolute Gasteiger partial charge is 0.497 e. The molecule has 4 heteroatoms. The van der Waals surface area contributed by atoms with Crippen LogP contribution in [0.25, 0.3) is 0 Å². The van der Waals surface area contributed by atoms with E-state index in [9.17, 15) is 0 Å². The van der Waals surface area contributed by atoms with E-state index in [1.165, 1.54) is 5.56 Å². The van der Waals surface area contributed by atoms with Crippen LogP contribution in [0.3, 0.4) is 0 Å². The van der Waals surface area contributed by atoms with Crippen LogP contribution in [0.4, 0.5) is 0 Å². The van der Waals surface area contributed by atoms with Crippen molar-refractivity contribution in [2.24, 2.45) is 0 Å². The highest BCUT2D eigenvalue weighted by atomic mass is 16.5. The Bertz CT molecular complexity index is 521. The van der Waals surface area contributed by atoms with E-state index < -0.39 is 0 Å². The van der Waals surface area contributed by atoms with Gasteiger partial charge in [-0.1, -0.05) is 0 Å². The second-order valence-corrected chi connectivity index (χ2v) is 4.75. The van der Waals surface area contributed by atoms with E-state index in [1.807, 2.05) is 42.7 Å². The molecular weight excluding hydrogens is 252 g/mol. The summed E-state index contributed by atoms with van der Waals surface area (Å²) < 4.78 is 10.6. The number of benzene rings is 1. The average Bonchev–Trinajstić information content (AvgIpc) is 2.47. The van der Waals surface area contributed by atoms with Gasteiger partial charge in [-0.15, -0.1) is 0 Å². The predicted molar refractivity (Wildman–Crippen MR) is 79.0 cm³/mol. The molecule has 2 rings (SSSR count). The minimum absolute atomic E-state index is 0.816. The number of hydrogen-bond acceptors (Lipinski definition) is 4. The molecule has 1 aromatic carbocycles. The lowest BCUT2D eigenvalue weighted by molar-refractivity contribution is 0.317. The van der Waals surface area contributed by atoms with E-state index in [1.54, 1.807) is 14.2 Å². The number of pyridine rings is 1. The quantitative estimate of drug-likeness (QED) is 0.810. The van der Waals surface area contributed by atoms with Crippen LogP contribution in [-0.4, -0.2) is 31.2 Å². The third-order valence-corrected chi connectivity index (χ3v) is 3.07. The van der Waals surface area contributed by atoms with Gasteiger partial charge in [-0.2, -0.15) is 0 Å². The lowest BCUT2D eigenvalue weighted by Gasteiger charge is -2.17. The molecule has 0 amide bonds. The van der Waals surface area contributed by atoms with Crippen molar-refractivity contribution >= 4 is 0 Å². The number of aromatic nitrogens is 1. The summed E-state index contributed by atoms with van der Waals surface area (Å²) in [5, 5.41) is 0. The van der Waals surface area contributed by atoms with Crippen LogP contribution < -0.4 is 9.47 Å². The van der Waals surface area contributed by atoms with Gasteiger partial charge in [0.05, 0.1) is 14.2 Å². The Hall–Kier alpha value is -2.07. The minimum Gasteiger partial charge on any atom is -0.497 e. The third-order valence-electron chi connectivity index (χ3n) is 3.07. The zero-order valence-electron chi connectivity index (χ0n) is 12.2. The topological polar surface area (TPSA) is 34.6 Å². The van der Waals surface area contributed by atoms with Crippen molar-refractivity contribution < 1.29 is 9.47 Å². The Morgan fingerprint density at radius 2 is 1.45 bits per heavy atom. The number of methoxy groups -OCH3 is 2. The zero-order valence-corrected chi connectivity index (χ0v) is 12.2. The van der Waals surface area contributed by atoms with Crippen LogP contribution in [0.5, 0.6) is 11.5 Å². The van der Waals surface area contributed by atoms with Crippen molar-refractivity contribution in [3.05, 3.63) is 53.9 Å². The Morgan fingerprint density at radius 1 is 0.900 bits per heavy atom. The van der Waals surface area contributed by atoms with Crippen molar-refractivity contribution in [3.63, 3.8) is 0 Å². The van der Waals surface area contributed by atoms with Crippen LogP contribution in [0.2, 0.25) is 0 Å². The molecule has 106 valence electrons. The molecule has 0 unspecified atom stereocenters. The van der Waals surface area contributed by atoms with Crippen LogP contribution in [-0.2, 0) is 13.1 Å². The molecule has 1 aromatic heterocycles. The number of ether oxygens (including phenoxy) is 2. The fourth-order valence-electron chi connectivity index (χ4n) is 2.13. The van der Waals surface area contributed by atoms with Crippen molar-refractivity contribution in [2.75, 3.05) is 21.3 Å². The van der Waals surface area contributed by atoms with E-state index in [-0.39, 0.29) is 0 Å². The lowest BCUT2D eigenvalue weighted by Crippen LogP contribution is -2.17. The molecule has 0 spiro atoms. The molecular formula is C16H20N2O2. The van der Waals surface area contributed by atoms with Gasteiger partial charge in [-0.3, -0.25) is 9.88 Å². The predicted octanol–water partition coefficient (Wildman–Crippen LogP) is 2.73. The molecule has 4 nitrogen and oxygen atoms in total. The molecule has 0 atom stereocenters. The van der Waals surface area contributed by atoms with Gasteiger partial charge < -0.3 is 9.47 Å². The van der Waals surface area contributed by atoms with Gasteiger partial charge in [-0.05, 0) is 42.4 Å². The van der Waals surface area contributed by atoms with Gasteiger partial charge >= 0.3 is 0 Å². The smallest absolute Gasteiger partial charge is 0.122 e. The first-order valence-corrected chi connectivity index (χ1v) is 6.50. The third kappa shape index (κ3) is 3.96. The van der Waals surface area contributed by atoms with E-state index in [4.69, 9.17) is 9.47 Å². The Morgan fingerprint density at radius 3 is 2.00 bits per heavy atom. The summed E-state index contributed by atoms with van der Waals surface area (Å²) in [6.45, 7) is 1.71. The Kier molecular flexibility index (Phi) is 4.96.